The predicted molar refractivity (Wildman–Crippen MR) is 369 cm³/mol. The smallest absolute Gasteiger partial charge is 0.456 e. The topological polar surface area (TPSA) is 111 Å². The number of phosphoric ester groups is 1. The van der Waals surface area contributed by atoms with Crippen LogP contribution in [0, 0.1) is 0 Å². The van der Waals surface area contributed by atoms with Crippen LogP contribution in [0.2, 0.25) is 0 Å². The molecule has 2 N–H and O–H groups in total. The normalized spacial score (nSPS) is 14.0. The highest BCUT2D eigenvalue weighted by Crippen LogP contribution is 2.43. The minimum absolute atomic E-state index is 0.0357. The first-order chi connectivity index (χ1) is 41.4. The molecule has 0 aromatic rings. The number of likely N-dealkylation sites (N-methyl/N-ethyl adjacent to an activating group) is 1. The molecule has 0 bridgehead atoms. The quantitative estimate of drug-likeness (QED) is 0.0205. The summed E-state index contributed by atoms with van der Waals surface area (Å²) in [5, 5.41) is 3.06. The molecule has 0 spiro atoms. The van der Waals surface area contributed by atoms with E-state index in [9.17, 15) is 19.0 Å². The Kier molecular flexibility index (Phi) is 62.1. The van der Waals surface area contributed by atoms with Crippen molar-refractivity contribution in [2.45, 2.75) is 341 Å². The van der Waals surface area contributed by atoms with Crippen LogP contribution in [0.15, 0.2) is 85.1 Å². The minimum Gasteiger partial charge on any atom is -0.456 e. The van der Waals surface area contributed by atoms with E-state index in [1.165, 1.54) is 199 Å². The van der Waals surface area contributed by atoms with Gasteiger partial charge in [0.2, 0.25) is 5.91 Å². The van der Waals surface area contributed by atoms with Crippen molar-refractivity contribution in [2.75, 3.05) is 40.9 Å². The molecule has 0 aromatic heterocycles. The van der Waals surface area contributed by atoms with Gasteiger partial charge in [-0.1, -0.05) is 292 Å². The van der Waals surface area contributed by atoms with Crippen LogP contribution in [0.4, 0.5) is 0 Å². The molecule has 0 fully saturated rings. The number of hydrogen-bond acceptors (Lipinski definition) is 6. The second kappa shape index (κ2) is 64.2. The Morgan fingerprint density at radius 1 is 0.412 bits per heavy atom. The van der Waals surface area contributed by atoms with Crippen molar-refractivity contribution in [3.8, 4) is 0 Å². The van der Waals surface area contributed by atoms with Gasteiger partial charge in [-0.3, -0.25) is 18.6 Å². The van der Waals surface area contributed by atoms with Crippen LogP contribution in [-0.4, -0.2) is 74.3 Å². The molecule has 0 rings (SSSR count). The molecule has 0 aliphatic carbocycles. The van der Waals surface area contributed by atoms with Crippen molar-refractivity contribution >= 4 is 19.7 Å². The number of phosphoric acid groups is 1. The van der Waals surface area contributed by atoms with Crippen molar-refractivity contribution in [1.82, 2.24) is 5.32 Å². The lowest BCUT2D eigenvalue weighted by atomic mass is 10.0. The first-order valence-corrected chi connectivity index (χ1v) is 37.4. The summed E-state index contributed by atoms with van der Waals surface area (Å²) in [6.07, 6.45) is 85.9. The van der Waals surface area contributed by atoms with Crippen molar-refractivity contribution in [3.05, 3.63) is 85.1 Å². The molecule has 0 heterocycles. The number of nitrogens with one attached hydrogen (secondary N) is 1. The average Bonchev–Trinajstić information content (AvgIpc) is 3.62. The fourth-order valence-electron chi connectivity index (χ4n) is 10.2. The van der Waals surface area contributed by atoms with Gasteiger partial charge in [0.1, 0.15) is 19.3 Å². The number of allylic oxidation sites excluding steroid dienone is 13. The Labute approximate surface area is 526 Å². The molecule has 0 radical (unpaired) electrons. The molecule has 0 aromatic carbocycles. The predicted octanol–water partition coefficient (Wildman–Crippen LogP) is 22.9. The molecule has 10 heteroatoms. The summed E-state index contributed by atoms with van der Waals surface area (Å²) >= 11 is 0. The number of carbonyl (C=O) groups is 2. The van der Waals surface area contributed by atoms with E-state index in [0.717, 1.165) is 96.3 Å². The lowest BCUT2D eigenvalue weighted by Gasteiger charge is -2.27. The summed E-state index contributed by atoms with van der Waals surface area (Å²) in [6.45, 7) is 6.97. The van der Waals surface area contributed by atoms with Crippen molar-refractivity contribution in [1.29, 1.82) is 0 Å². The zero-order valence-electron chi connectivity index (χ0n) is 56.6. The standard InChI is InChI=1S/C75H137N2O7P/c1-7-10-13-16-19-22-25-27-29-31-33-35-37-38-40-42-44-46-48-50-53-56-59-62-65-68-75(79)84-73(66-63-60-57-54-51-24-21-18-15-12-9-3)72(71-83-85(80,81)82-70-69-77(4,5)6)76-74(78)67-64-61-58-55-52-49-47-45-43-41-39-36-34-32-30-28-26-23-20-17-14-11-8-2/h19-20,22-23,27-30,34,36,41,43,63,66,72-73H,7-18,21,24-26,31-33,35,37-40,42,44-62,64-65,67-71H2,1-6H3,(H-,76,78,80,81)/p+1/b22-19-,23-20-,29-27-,30-28-,36-34-,43-41-,66-63+. The van der Waals surface area contributed by atoms with Crippen LogP contribution in [0.5, 0.6) is 0 Å². The highest BCUT2D eigenvalue weighted by atomic mass is 31.2. The van der Waals surface area contributed by atoms with Gasteiger partial charge < -0.3 is 19.4 Å². The molecule has 0 aliphatic rings. The summed E-state index contributed by atoms with van der Waals surface area (Å²) in [6, 6.07) is -0.858. The third-order valence-electron chi connectivity index (χ3n) is 15.8. The number of quaternary nitrogens is 1. The summed E-state index contributed by atoms with van der Waals surface area (Å²) < 4.78 is 30.8. The Hall–Kier alpha value is -2.81. The number of amides is 1. The molecule has 85 heavy (non-hydrogen) atoms. The third-order valence-corrected chi connectivity index (χ3v) is 16.8. The van der Waals surface area contributed by atoms with Gasteiger partial charge in [-0.05, 0) is 109 Å². The largest absolute Gasteiger partial charge is 0.472 e. The average molecular weight is 1210 g/mol. The Bertz CT molecular complexity index is 1730. The Morgan fingerprint density at radius 3 is 1.09 bits per heavy atom. The van der Waals surface area contributed by atoms with Gasteiger partial charge in [-0.2, -0.15) is 0 Å². The van der Waals surface area contributed by atoms with E-state index in [4.69, 9.17) is 13.8 Å². The summed E-state index contributed by atoms with van der Waals surface area (Å²) in [7, 11) is 1.49. The number of ether oxygens (including phenoxy) is 1. The van der Waals surface area contributed by atoms with Crippen molar-refractivity contribution in [2.24, 2.45) is 0 Å². The monoisotopic (exact) mass is 1210 g/mol. The molecular formula is C75H138N2O7P+. The Morgan fingerprint density at radius 2 is 0.718 bits per heavy atom. The number of esters is 1. The summed E-state index contributed by atoms with van der Waals surface area (Å²) in [5.74, 6) is -0.511. The minimum atomic E-state index is -4.46. The SMILES string of the molecule is CCCCC/C=C\C/C=C\C/C=C\C/C=C\CCCCCCCCCC(=O)NC(COP(=O)(O)OCC[N+](C)(C)C)C(/C=C/CCCCCCCCCCC)OC(=O)CCCCCCCCCCCCCCCCC/C=C\C/C=C\CCCCC. The zero-order valence-corrected chi connectivity index (χ0v) is 57.5. The van der Waals surface area contributed by atoms with Gasteiger partial charge in [0.05, 0.1) is 33.8 Å². The first kappa shape index (κ1) is 82.2. The second-order valence-corrected chi connectivity index (χ2v) is 26.9. The van der Waals surface area contributed by atoms with E-state index in [2.05, 4.69) is 99.0 Å². The number of carbonyl (C=O) groups excluding carboxylic acids is 2. The maximum absolute atomic E-state index is 13.6. The lowest BCUT2D eigenvalue weighted by molar-refractivity contribution is -0.870. The second-order valence-electron chi connectivity index (χ2n) is 25.4. The fourth-order valence-corrected chi connectivity index (χ4v) is 11.0. The van der Waals surface area contributed by atoms with E-state index in [0.29, 0.717) is 17.4 Å². The van der Waals surface area contributed by atoms with Crippen LogP contribution >= 0.6 is 7.82 Å². The van der Waals surface area contributed by atoms with Crippen molar-refractivity contribution < 1.29 is 37.3 Å². The van der Waals surface area contributed by atoms with Gasteiger partial charge in [-0.25, -0.2) is 4.57 Å². The molecule has 1 amide bonds. The van der Waals surface area contributed by atoms with Gasteiger partial charge in [0.25, 0.3) is 0 Å². The maximum Gasteiger partial charge on any atom is 0.472 e. The summed E-state index contributed by atoms with van der Waals surface area (Å²) in [5.41, 5.74) is 0. The van der Waals surface area contributed by atoms with Crippen LogP contribution in [0.25, 0.3) is 0 Å². The van der Waals surface area contributed by atoms with E-state index < -0.39 is 20.0 Å². The number of unbranched alkanes of at least 4 members (excludes halogenated alkanes) is 37. The third kappa shape index (κ3) is 65.5. The van der Waals surface area contributed by atoms with Gasteiger partial charge >= 0.3 is 13.8 Å². The number of nitrogens with zero attached hydrogens (tertiary/aromatic N) is 1. The molecule has 0 saturated heterocycles. The Balaban J connectivity index is 5.03. The maximum atomic E-state index is 13.6. The van der Waals surface area contributed by atoms with Gasteiger partial charge in [-0.15, -0.1) is 0 Å². The van der Waals surface area contributed by atoms with Crippen LogP contribution in [-0.2, 0) is 27.9 Å². The van der Waals surface area contributed by atoms with E-state index in [-0.39, 0.29) is 31.5 Å². The molecule has 494 valence electrons. The number of hydrogen-bond donors (Lipinski definition) is 2. The molecule has 0 aliphatic heterocycles. The fraction of sp³-hybridized carbons (Fsp3) is 0.787. The molecule has 3 atom stereocenters. The van der Waals surface area contributed by atoms with Gasteiger partial charge in [0, 0.05) is 12.8 Å². The zero-order chi connectivity index (χ0) is 62.1. The molecule has 0 saturated carbocycles. The van der Waals surface area contributed by atoms with Crippen molar-refractivity contribution in [3.63, 3.8) is 0 Å². The van der Waals surface area contributed by atoms with E-state index in [1.54, 1.807) is 0 Å². The molecular weight excluding hydrogens is 1070 g/mol. The number of rotatable bonds is 65. The first-order valence-electron chi connectivity index (χ1n) is 35.9. The highest BCUT2D eigenvalue weighted by Gasteiger charge is 2.30. The van der Waals surface area contributed by atoms with Crippen LogP contribution in [0.1, 0.15) is 329 Å². The molecule has 9 nitrogen and oxygen atoms in total. The van der Waals surface area contributed by atoms with Crippen LogP contribution in [0.3, 0.4) is 0 Å². The van der Waals surface area contributed by atoms with E-state index >= 15 is 0 Å². The lowest BCUT2D eigenvalue weighted by Crippen LogP contribution is -2.47. The van der Waals surface area contributed by atoms with E-state index in [1.807, 2.05) is 33.3 Å². The van der Waals surface area contributed by atoms with Gasteiger partial charge in [0.15, 0.2) is 0 Å². The van der Waals surface area contributed by atoms with Crippen LogP contribution < -0.4 is 5.32 Å². The molecule has 3 unspecified atom stereocenters. The highest BCUT2D eigenvalue weighted by molar-refractivity contribution is 7.47. The summed E-state index contributed by atoms with van der Waals surface area (Å²) in [4.78, 5) is 37.9.